The van der Waals surface area contributed by atoms with Crippen molar-refractivity contribution in [2.75, 3.05) is 31.1 Å². The molecule has 25 heavy (non-hydrogen) atoms. The van der Waals surface area contributed by atoms with E-state index in [1.54, 1.807) is 12.7 Å². The molecule has 0 N–H and O–H groups in total. The number of anilines is 1. The molecule has 2 atom stereocenters. The largest absolute Gasteiger partial charge is 0.354 e. The number of nitrogens with zero attached hydrogens (tertiary/aromatic N) is 6. The Morgan fingerprint density at radius 1 is 1.04 bits per heavy atom. The Morgan fingerprint density at radius 3 is 2.48 bits per heavy atom. The predicted molar refractivity (Wildman–Crippen MR) is 94.0 cm³/mol. The van der Waals surface area contributed by atoms with Crippen LogP contribution in [0.5, 0.6) is 0 Å². The highest BCUT2D eigenvalue weighted by molar-refractivity contribution is 5.83. The van der Waals surface area contributed by atoms with E-state index in [2.05, 4.69) is 24.8 Å². The Labute approximate surface area is 147 Å². The fourth-order valence-electron chi connectivity index (χ4n) is 4.94. The number of hydrogen-bond donors (Lipinski definition) is 0. The van der Waals surface area contributed by atoms with Crippen molar-refractivity contribution in [1.82, 2.24) is 24.4 Å². The minimum absolute atomic E-state index is 0.296. The fraction of sp³-hybridized carbons (Fsp3) is 0.667. The first-order valence-electron chi connectivity index (χ1n) is 9.36. The lowest BCUT2D eigenvalue weighted by atomic mass is 10.0. The molecule has 4 heterocycles. The molecule has 0 spiro atoms. The number of fused-ring (bicyclic) bond motifs is 2. The van der Waals surface area contributed by atoms with Crippen molar-refractivity contribution in [3.8, 4) is 0 Å². The van der Waals surface area contributed by atoms with Gasteiger partial charge in [-0.3, -0.25) is 4.79 Å². The van der Waals surface area contributed by atoms with Crippen LogP contribution in [0.2, 0.25) is 0 Å². The van der Waals surface area contributed by atoms with Gasteiger partial charge in [0.2, 0.25) is 5.91 Å². The third-order valence-electron chi connectivity index (χ3n) is 6.28. The summed E-state index contributed by atoms with van der Waals surface area (Å²) in [7, 11) is 1.96. The molecule has 1 saturated carbocycles. The van der Waals surface area contributed by atoms with Gasteiger partial charge in [0.15, 0.2) is 17.0 Å². The zero-order valence-electron chi connectivity index (χ0n) is 14.6. The van der Waals surface area contributed by atoms with E-state index in [1.165, 1.54) is 12.8 Å². The van der Waals surface area contributed by atoms with Gasteiger partial charge < -0.3 is 14.4 Å². The third kappa shape index (κ3) is 2.40. The summed E-state index contributed by atoms with van der Waals surface area (Å²) >= 11 is 0. The molecule has 3 fully saturated rings. The Morgan fingerprint density at radius 2 is 1.76 bits per heavy atom. The van der Waals surface area contributed by atoms with Gasteiger partial charge >= 0.3 is 0 Å². The molecule has 3 aliphatic rings. The van der Waals surface area contributed by atoms with Crippen molar-refractivity contribution < 1.29 is 4.79 Å². The number of rotatable bonds is 2. The maximum Gasteiger partial charge on any atom is 0.225 e. The van der Waals surface area contributed by atoms with Gasteiger partial charge in [-0.05, 0) is 12.8 Å². The number of carbonyl (C=O) groups excluding carboxylic acids is 1. The quantitative estimate of drug-likeness (QED) is 0.828. The minimum Gasteiger partial charge on any atom is -0.354 e. The number of hydrogen-bond acceptors (Lipinski definition) is 5. The van der Waals surface area contributed by atoms with Gasteiger partial charge in [0.25, 0.3) is 0 Å². The lowest BCUT2D eigenvalue weighted by Crippen LogP contribution is -2.36. The van der Waals surface area contributed by atoms with Crippen LogP contribution in [0, 0.1) is 17.8 Å². The van der Waals surface area contributed by atoms with Gasteiger partial charge in [0.1, 0.15) is 6.33 Å². The SMILES string of the molecule is Cn1cnc2c(N3CC4CN(C(=O)C5CCCC5)CC4C3)ncnc21. The number of carbonyl (C=O) groups is 1. The van der Waals surface area contributed by atoms with E-state index in [-0.39, 0.29) is 0 Å². The normalized spacial score (nSPS) is 26.8. The minimum atomic E-state index is 0.296. The predicted octanol–water partition coefficient (Wildman–Crippen LogP) is 1.45. The van der Waals surface area contributed by atoms with Crippen LogP contribution < -0.4 is 4.90 Å². The average Bonchev–Trinajstić information content (AvgIpc) is 3.37. The van der Waals surface area contributed by atoms with Crippen molar-refractivity contribution in [2.45, 2.75) is 25.7 Å². The topological polar surface area (TPSA) is 67.2 Å². The smallest absolute Gasteiger partial charge is 0.225 e. The first-order valence-corrected chi connectivity index (χ1v) is 9.36. The van der Waals surface area contributed by atoms with Gasteiger partial charge in [-0.25, -0.2) is 15.0 Å². The summed E-state index contributed by atoms with van der Waals surface area (Å²) in [6, 6.07) is 0. The highest BCUT2D eigenvalue weighted by Crippen LogP contribution is 2.37. The second-order valence-corrected chi connectivity index (χ2v) is 7.87. The standard InChI is InChI=1S/C18H24N6O/c1-22-11-21-15-16(22)19-10-20-17(15)23-6-13-8-24(9-14(13)7-23)18(25)12-4-2-3-5-12/h10-14H,2-9H2,1H3. The molecule has 7 nitrogen and oxygen atoms in total. The Hall–Kier alpha value is -2.18. The van der Waals surface area contributed by atoms with Crippen molar-refractivity contribution in [1.29, 1.82) is 0 Å². The molecule has 2 saturated heterocycles. The molecule has 1 amide bonds. The summed E-state index contributed by atoms with van der Waals surface area (Å²) in [6.45, 7) is 3.74. The van der Waals surface area contributed by atoms with Crippen molar-refractivity contribution >= 4 is 22.9 Å². The zero-order valence-corrected chi connectivity index (χ0v) is 14.6. The molecule has 0 radical (unpaired) electrons. The first kappa shape index (κ1) is 15.1. The molecule has 2 aromatic heterocycles. The summed E-state index contributed by atoms with van der Waals surface area (Å²) < 4.78 is 1.93. The van der Waals surface area contributed by atoms with E-state index >= 15 is 0 Å². The second kappa shape index (κ2) is 5.68. The Balaban J connectivity index is 1.31. The van der Waals surface area contributed by atoms with Crippen molar-refractivity contribution in [3.63, 3.8) is 0 Å². The third-order valence-corrected chi connectivity index (χ3v) is 6.28. The van der Waals surface area contributed by atoms with Gasteiger partial charge in [-0.2, -0.15) is 0 Å². The van der Waals surface area contributed by atoms with Crippen LogP contribution in [0.15, 0.2) is 12.7 Å². The lowest BCUT2D eigenvalue weighted by molar-refractivity contribution is -0.134. The molecule has 2 unspecified atom stereocenters. The number of likely N-dealkylation sites (tertiary alicyclic amines) is 1. The number of amides is 1. The molecular weight excluding hydrogens is 316 g/mol. The van der Waals surface area contributed by atoms with Crippen molar-refractivity contribution in [3.05, 3.63) is 12.7 Å². The molecule has 0 bridgehead atoms. The van der Waals surface area contributed by atoms with Crippen LogP contribution in [0.1, 0.15) is 25.7 Å². The highest BCUT2D eigenvalue weighted by atomic mass is 16.2. The van der Waals surface area contributed by atoms with Crippen LogP contribution >= 0.6 is 0 Å². The Kier molecular flexibility index (Phi) is 3.43. The van der Waals surface area contributed by atoms with E-state index in [0.29, 0.717) is 23.7 Å². The van der Waals surface area contributed by atoms with Gasteiger partial charge in [-0.15, -0.1) is 0 Å². The lowest BCUT2D eigenvalue weighted by Gasteiger charge is -2.24. The maximum absolute atomic E-state index is 12.7. The average molecular weight is 340 g/mol. The van der Waals surface area contributed by atoms with E-state index in [1.807, 2.05) is 11.6 Å². The number of aryl methyl sites for hydroxylation is 1. The molecule has 1 aliphatic carbocycles. The summed E-state index contributed by atoms with van der Waals surface area (Å²) in [5.74, 6) is 2.75. The molecule has 5 rings (SSSR count). The molecule has 7 heteroatoms. The summed E-state index contributed by atoms with van der Waals surface area (Å²) in [4.78, 5) is 30.5. The fourth-order valence-corrected chi connectivity index (χ4v) is 4.94. The number of aromatic nitrogens is 4. The van der Waals surface area contributed by atoms with Gasteiger partial charge in [0.05, 0.1) is 6.33 Å². The second-order valence-electron chi connectivity index (χ2n) is 7.87. The van der Waals surface area contributed by atoms with E-state index < -0.39 is 0 Å². The highest BCUT2D eigenvalue weighted by Gasteiger charge is 2.43. The molecular formula is C18H24N6O. The zero-order chi connectivity index (χ0) is 17.0. The van der Waals surface area contributed by atoms with E-state index in [9.17, 15) is 4.79 Å². The van der Waals surface area contributed by atoms with E-state index in [0.717, 1.165) is 56.0 Å². The van der Waals surface area contributed by atoms with Gasteiger partial charge in [-0.1, -0.05) is 12.8 Å². The van der Waals surface area contributed by atoms with Crippen LogP contribution in [0.25, 0.3) is 11.2 Å². The van der Waals surface area contributed by atoms with Crippen LogP contribution in [0.4, 0.5) is 5.82 Å². The summed E-state index contributed by atoms with van der Waals surface area (Å²) in [6.07, 6.45) is 8.05. The monoisotopic (exact) mass is 340 g/mol. The van der Waals surface area contributed by atoms with E-state index in [4.69, 9.17) is 0 Å². The van der Waals surface area contributed by atoms with Gasteiger partial charge in [0, 0.05) is 51.0 Å². The maximum atomic E-state index is 12.7. The van der Waals surface area contributed by atoms with Crippen LogP contribution in [-0.2, 0) is 11.8 Å². The van der Waals surface area contributed by atoms with Crippen LogP contribution in [0.3, 0.4) is 0 Å². The first-order chi connectivity index (χ1) is 12.2. The van der Waals surface area contributed by atoms with Crippen molar-refractivity contribution in [2.24, 2.45) is 24.8 Å². The number of imidazole rings is 1. The van der Waals surface area contributed by atoms with Crippen LogP contribution in [-0.4, -0.2) is 56.5 Å². The molecule has 0 aromatic carbocycles. The Bertz CT molecular complexity index is 797. The summed E-state index contributed by atoms with van der Waals surface area (Å²) in [5, 5.41) is 0. The molecule has 2 aliphatic heterocycles. The summed E-state index contributed by atoms with van der Waals surface area (Å²) in [5.41, 5.74) is 1.75. The molecule has 2 aromatic rings. The molecule has 132 valence electrons.